The molecule has 5 rings (SSSR count). The number of halogens is 1. The van der Waals surface area contributed by atoms with Crippen molar-refractivity contribution in [3.8, 4) is 23.2 Å². The number of imidazole rings is 2. The van der Waals surface area contributed by atoms with Crippen LogP contribution in [0.1, 0.15) is 22.6 Å². The highest BCUT2D eigenvalue weighted by atomic mass is 35.5. The number of nitrogens with zero attached hydrogens (tertiary/aromatic N) is 4. The van der Waals surface area contributed by atoms with Gasteiger partial charge >= 0.3 is 0 Å². The number of nitrogens with one attached hydrogen (secondary N) is 3. The molecule has 0 spiro atoms. The Labute approximate surface area is 209 Å². The lowest BCUT2D eigenvalue weighted by atomic mass is 10.1. The number of allylic oxidation sites excluding steroid dienone is 1. The number of aromatic nitrogens is 4. The van der Waals surface area contributed by atoms with Crippen molar-refractivity contribution in [1.82, 2.24) is 29.7 Å². The molecule has 0 amide bonds. The van der Waals surface area contributed by atoms with Crippen LogP contribution >= 0.6 is 11.6 Å². The summed E-state index contributed by atoms with van der Waals surface area (Å²) >= 11 is 6.42. The van der Waals surface area contributed by atoms with Gasteiger partial charge in [0.1, 0.15) is 17.3 Å². The van der Waals surface area contributed by atoms with E-state index in [1.165, 1.54) is 11.8 Å². The van der Waals surface area contributed by atoms with E-state index in [1.807, 2.05) is 18.2 Å². The molecule has 8 heteroatoms. The van der Waals surface area contributed by atoms with E-state index in [-0.39, 0.29) is 0 Å². The average Bonchev–Trinajstić information content (AvgIpc) is 3.50. The number of benzene rings is 2. The molecule has 1 fully saturated rings. The van der Waals surface area contributed by atoms with Gasteiger partial charge in [-0.1, -0.05) is 23.6 Å². The van der Waals surface area contributed by atoms with Crippen molar-refractivity contribution >= 4 is 34.9 Å². The second-order valence-electron chi connectivity index (χ2n) is 8.67. The number of H-pyrrole nitrogens is 2. The summed E-state index contributed by atoms with van der Waals surface area (Å²) in [5.74, 6) is 7.63. The smallest absolute Gasteiger partial charge is 0.138 e. The van der Waals surface area contributed by atoms with Crippen molar-refractivity contribution in [2.24, 2.45) is 0 Å². The summed E-state index contributed by atoms with van der Waals surface area (Å²) in [4.78, 5) is 20.4. The van der Waals surface area contributed by atoms with Gasteiger partial charge in [0.25, 0.3) is 0 Å². The Hall–Kier alpha value is -3.70. The SMILES string of the molecule is CN1CCN(Cc2ccc3nc(-c4ccc(Cl)c(C#Cc5cnc(/C=C\C=N)[nH]5)c4)[nH]c3c2)CC1. The molecule has 1 aliphatic heterocycles. The summed E-state index contributed by atoms with van der Waals surface area (Å²) < 4.78 is 0. The first kappa shape index (κ1) is 23.1. The maximum atomic E-state index is 7.06. The normalized spacial score (nSPS) is 14.9. The summed E-state index contributed by atoms with van der Waals surface area (Å²) in [6, 6.07) is 12.2. The first-order chi connectivity index (χ1) is 17.1. The number of hydrogen-bond donors (Lipinski definition) is 3. The Morgan fingerprint density at radius 2 is 1.94 bits per heavy atom. The third-order valence-corrected chi connectivity index (χ3v) is 6.40. The molecule has 3 N–H and O–H groups in total. The van der Waals surface area contributed by atoms with Gasteiger partial charge in [0.05, 0.1) is 22.3 Å². The quantitative estimate of drug-likeness (QED) is 0.290. The number of aromatic amines is 2. The fourth-order valence-electron chi connectivity index (χ4n) is 4.08. The van der Waals surface area contributed by atoms with Crippen molar-refractivity contribution < 1.29 is 0 Å². The van der Waals surface area contributed by atoms with Crippen molar-refractivity contribution in [3.63, 3.8) is 0 Å². The van der Waals surface area contributed by atoms with Crippen LogP contribution < -0.4 is 0 Å². The molecule has 4 aromatic rings. The fourth-order valence-corrected chi connectivity index (χ4v) is 4.25. The summed E-state index contributed by atoms with van der Waals surface area (Å²) in [7, 11) is 2.18. The van der Waals surface area contributed by atoms with Gasteiger partial charge in [-0.25, -0.2) is 9.97 Å². The molecule has 7 nitrogen and oxygen atoms in total. The molecule has 2 aromatic carbocycles. The Balaban J connectivity index is 1.36. The van der Waals surface area contributed by atoms with Crippen LogP contribution in [-0.2, 0) is 6.54 Å². The van der Waals surface area contributed by atoms with E-state index < -0.39 is 0 Å². The van der Waals surface area contributed by atoms with Crippen LogP contribution in [0, 0.1) is 17.3 Å². The van der Waals surface area contributed by atoms with Crippen LogP contribution in [0.5, 0.6) is 0 Å². The minimum Gasteiger partial charge on any atom is -0.338 e. The van der Waals surface area contributed by atoms with E-state index >= 15 is 0 Å². The van der Waals surface area contributed by atoms with Crippen molar-refractivity contribution in [2.75, 3.05) is 33.2 Å². The second-order valence-corrected chi connectivity index (χ2v) is 9.08. The lowest BCUT2D eigenvalue weighted by molar-refractivity contribution is 0.148. The summed E-state index contributed by atoms with van der Waals surface area (Å²) in [5.41, 5.74) is 5.56. The first-order valence-electron chi connectivity index (χ1n) is 11.5. The van der Waals surface area contributed by atoms with E-state index in [4.69, 9.17) is 22.0 Å². The third kappa shape index (κ3) is 5.52. The maximum absolute atomic E-state index is 7.06. The molecule has 35 heavy (non-hydrogen) atoms. The molecule has 176 valence electrons. The summed E-state index contributed by atoms with van der Waals surface area (Å²) in [6.45, 7) is 5.36. The molecule has 3 heterocycles. The van der Waals surface area contributed by atoms with Crippen molar-refractivity contribution in [2.45, 2.75) is 6.54 Å². The van der Waals surface area contributed by atoms with Crippen LogP contribution in [0.2, 0.25) is 5.02 Å². The van der Waals surface area contributed by atoms with E-state index in [9.17, 15) is 0 Å². The lowest BCUT2D eigenvalue weighted by Crippen LogP contribution is -2.43. The highest BCUT2D eigenvalue weighted by molar-refractivity contribution is 6.31. The third-order valence-electron chi connectivity index (χ3n) is 6.07. The number of likely N-dealkylation sites (N-methyl/N-ethyl adjacent to an activating group) is 1. The van der Waals surface area contributed by atoms with E-state index in [2.05, 4.69) is 61.8 Å². The molecule has 1 saturated heterocycles. The van der Waals surface area contributed by atoms with E-state index in [0.29, 0.717) is 22.1 Å². The van der Waals surface area contributed by atoms with Gasteiger partial charge < -0.3 is 20.3 Å². The Morgan fingerprint density at radius 1 is 1.09 bits per heavy atom. The molecule has 0 atom stereocenters. The number of piperazine rings is 1. The molecule has 0 saturated carbocycles. The number of fused-ring (bicyclic) bond motifs is 1. The predicted octanol–water partition coefficient (Wildman–Crippen LogP) is 4.42. The topological polar surface area (TPSA) is 87.7 Å². The highest BCUT2D eigenvalue weighted by Gasteiger charge is 2.15. The fraction of sp³-hybridized carbons (Fsp3) is 0.222. The minimum absolute atomic E-state index is 0.579. The first-order valence-corrected chi connectivity index (χ1v) is 11.9. The Bertz CT molecular complexity index is 1450. The standard InChI is InChI=1S/C27H26ClN7/c1-34-11-13-35(14-12-34)18-19-4-9-24-25(15-19)33-27(32-24)21-6-8-23(28)20(16-21)5-7-22-17-30-26(31-22)3-2-10-29/h2-4,6,8-10,15-17,29H,11-14,18H2,1H3,(H,30,31)(H,32,33)/b3-2-,29-10?. The molecule has 1 aliphatic rings. The number of rotatable bonds is 5. The molecule has 0 unspecified atom stereocenters. The maximum Gasteiger partial charge on any atom is 0.138 e. The zero-order chi connectivity index (χ0) is 24.2. The Kier molecular flexibility index (Phi) is 6.77. The summed E-state index contributed by atoms with van der Waals surface area (Å²) in [5, 5.41) is 7.64. The van der Waals surface area contributed by atoms with Crippen LogP contribution in [0.4, 0.5) is 0 Å². The lowest BCUT2D eigenvalue weighted by Gasteiger charge is -2.32. The molecule has 0 aliphatic carbocycles. The van der Waals surface area contributed by atoms with Crippen LogP contribution in [0.15, 0.2) is 48.7 Å². The minimum atomic E-state index is 0.579. The largest absolute Gasteiger partial charge is 0.338 e. The van der Waals surface area contributed by atoms with Crippen LogP contribution in [0.25, 0.3) is 28.5 Å². The zero-order valence-corrected chi connectivity index (χ0v) is 20.2. The summed E-state index contributed by atoms with van der Waals surface area (Å²) in [6.07, 6.45) is 6.17. The Morgan fingerprint density at radius 3 is 2.77 bits per heavy atom. The van der Waals surface area contributed by atoms with Gasteiger partial charge in [0.2, 0.25) is 0 Å². The molecule has 0 bridgehead atoms. The zero-order valence-electron chi connectivity index (χ0n) is 19.5. The number of hydrogen-bond acceptors (Lipinski definition) is 5. The predicted molar refractivity (Wildman–Crippen MR) is 142 cm³/mol. The highest BCUT2D eigenvalue weighted by Crippen LogP contribution is 2.26. The van der Waals surface area contributed by atoms with Gasteiger partial charge in [-0.3, -0.25) is 4.90 Å². The van der Waals surface area contributed by atoms with Gasteiger partial charge in [-0.15, -0.1) is 0 Å². The van der Waals surface area contributed by atoms with Gasteiger partial charge in [0.15, 0.2) is 0 Å². The van der Waals surface area contributed by atoms with Crippen molar-refractivity contribution in [3.05, 3.63) is 76.3 Å². The van der Waals surface area contributed by atoms with Gasteiger partial charge in [-0.05, 0) is 61.0 Å². The monoisotopic (exact) mass is 483 g/mol. The van der Waals surface area contributed by atoms with E-state index in [1.54, 1.807) is 18.3 Å². The molecule has 0 radical (unpaired) electrons. The van der Waals surface area contributed by atoms with Gasteiger partial charge in [-0.2, -0.15) is 0 Å². The molecular formula is C27H26ClN7. The van der Waals surface area contributed by atoms with E-state index in [0.717, 1.165) is 55.1 Å². The van der Waals surface area contributed by atoms with Crippen LogP contribution in [-0.4, -0.2) is 69.2 Å². The second kappa shape index (κ2) is 10.3. The van der Waals surface area contributed by atoms with Gasteiger partial charge in [0, 0.05) is 50.1 Å². The molecular weight excluding hydrogens is 458 g/mol. The van der Waals surface area contributed by atoms with Crippen molar-refractivity contribution in [1.29, 1.82) is 5.41 Å². The molecule has 2 aromatic heterocycles. The van der Waals surface area contributed by atoms with Crippen LogP contribution in [0.3, 0.4) is 0 Å². The average molecular weight is 484 g/mol.